The molecule has 0 atom stereocenters. The predicted octanol–water partition coefficient (Wildman–Crippen LogP) is 6.56. The van der Waals surface area contributed by atoms with E-state index in [0.29, 0.717) is 28.4 Å². The molecule has 1 heterocycles. The van der Waals surface area contributed by atoms with Gasteiger partial charge >= 0.3 is 0 Å². The summed E-state index contributed by atoms with van der Waals surface area (Å²) in [5.41, 5.74) is 3.13. The number of carbonyl (C=O) groups excluding carboxylic acids is 1. The number of rotatable bonds is 6. The topological polar surface area (TPSA) is 50.7 Å². The van der Waals surface area contributed by atoms with Crippen molar-refractivity contribution in [1.82, 2.24) is 0 Å². The van der Waals surface area contributed by atoms with E-state index in [-0.39, 0.29) is 11.7 Å². The van der Waals surface area contributed by atoms with Crippen LogP contribution in [0.5, 0.6) is 5.75 Å². The first-order valence-corrected chi connectivity index (χ1v) is 11.4. The number of nitrogens with zero attached hydrogens (tertiary/aromatic N) is 1. The van der Waals surface area contributed by atoms with E-state index in [0.717, 1.165) is 37.0 Å². The highest BCUT2D eigenvalue weighted by Gasteiger charge is 2.24. The third kappa shape index (κ3) is 5.20. The van der Waals surface area contributed by atoms with Crippen molar-refractivity contribution in [3.8, 4) is 5.75 Å². The Balaban J connectivity index is 1.64. The first-order valence-electron chi connectivity index (χ1n) is 10.6. The second kappa shape index (κ2) is 9.88. The van der Waals surface area contributed by atoms with Gasteiger partial charge in [0.05, 0.1) is 12.2 Å². The molecule has 6 heteroatoms. The average molecular weight is 437 g/mol. The van der Waals surface area contributed by atoms with E-state index < -0.39 is 0 Å². The maximum absolute atomic E-state index is 13.5. The summed E-state index contributed by atoms with van der Waals surface area (Å²) < 4.78 is 19.0. The fraction of sp³-hybridized carbons (Fsp3) is 0.280. The number of fused-ring (bicyclic) bond motifs is 1. The number of benzene rings is 2. The summed E-state index contributed by atoms with van der Waals surface area (Å²) in [7, 11) is 0. The van der Waals surface area contributed by atoms with Crippen LogP contribution < -0.4 is 10.1 Å². The summed E-state index contributed by atoms with van der Waals surface area (Å²) in [6, 6.07) is 13.6. The van der Waals surface area contributed by atoms with E-state index in [9.17, 15) is 9.18 Å². The minimum absolute atomic E-state index is 0.157. The number of hydrogen-bond donors (Lipinski definition) is 1. The molecule has 0 aliphatic heterocycles. The van der Waals surface area contributed by atoms with Crippen LogP contribution in [0.1, 0.15) is 52.5 Å². The van der Waals surface area contributed by atoms with Crippen molar-refractivity contribution in [3.63, 3.8) is 0 Å². The molecule has 0 fully saturated rings. The molecule has 0 bridgehead atoms. The van der Waals surface area contributed by atoms with Crippen LogP contribution in [-0.4, -0.2) is 18.7 Å². The molecular weight excluding hydrogens is 411 g/mol. The molecule has 2 aromatic carbocycles. The molecule has 1 aromatic heterocycles. The van der Waals surface area contributed by atoms with Crippen molar-refractivity contribution in [2.24, 2.45) is 4.99 Å². The summed E-state index contributed by atoms with van der Waals surface area (Å²) in [6.45, 7) is 2.53. The lowest BCUT2D eigenvalue weighted by molar-refractivity contribution is 0.102. The van der Waals surface area contributed by atoms with Gasteiger partial charge < -0.3 is 10.1 Å². The van der Waals surface area contributed by atoms with Crippen LogP contribution in [-0.2, 0) is 12.8 Å². The van der Waals surface area contributed by atoms with Gasteiger partial charge in [-0.2, -0.15) is 0 Å². The highest BCUT2D eigenvalue weighted by molar-refractivity contribution is 7.16. The number of thiophene rings is 1. The highest BCUT2D eigenvalue weighted by Crippen LogP contribution is 2.39. The Bertz CT molecular complexity index is 1090. The second-order valence-corrected chi connectivity index (χ2v) is 8.55. The molecule has 4 nitrogen and oxygen atoms in total. The zero-order valence-electron chi connectivity index (χ0n) is 17.5. The molecular formula is C25H25FN2O2S. The van der Waals surface area contributed by atoms with Gasteiger partial charge in [-0.15, -0.1) is 11.3 Å². The minimum atomic E-state index is -0.306. The van der Waals surface area contributed by atoms with Gasteiger partial charge in [0.1, 0.15) is 16.6 Å². The van der Waals surface area contributed by atoms with Crippen molar-refractivity contribution in [1.29, 1.82) is 0 Å². The van der Waals surface area contributed by atoms with Crippen molar-refractivity contribution in [3.05, 3.63) is 75.9 Å². The standard InChI is InChI=1S/C25H25FN2O2S/c1-2-30-20-13-11-19(12-14-20)28-24(29)23-21-9-4-3-5-10-22(21)31-25(23)27-16-17-7-6-8-18(26)15-17/h6-8,11-16H,2-5,9-10H2,1H3,(H,28,29). The lowest BCUT2D eigenvalue weighted by atomic mass is 10.0. The molecule has 0 unspecified atom stereocenters. The lowest BCUT2D eigenvalue weighted by Gasteiger charge is -2.09. The molecule has 4 rings (SSSR count). The smallest absolute Gasteiger partial charge is 0.259 e. The molecule has 0 saturated carbocycles. The van der Waals surface area contributed by atoms with Crippen LogP contribution in [0.25, 0.3) is 0 Å². The number of anilines is 1. The molecule has 1 amide bonds. The summed E-state index contributed by atoms with van der Waals surface area (Å²) in [5.74, 6) is 0.305. The van der Waals surface area contributed by atoms with E-state index in [1.54, 1.807) is 29.7 Å². The summed E-state index contributed by atoms with van der Waals surface area (Å²) in [5, 5.41) is 3.69. The van der Waals surface area contributed by atoms with Crippen molar-refractivity contribution < 1.29 is 13.9 Å². The number of amides is 1. The number of carbonyl (C=O) groups is 1. The van der Waals surface area contributed by atoms with E-state index in [1.165, 1.54) is 23.4 Å². The Hall–Kier alpha value is -2.99. The highest BCUT2D eigenvalue weighted by atomic mass is 32.1. The molecule has 3 aromatic rings. The summed E-state index contributed by atoms with van der Waals surface area (Å²) >= 11 is 1.57. The Morgan fingerprint density at radius 2 is 1.97 bits per heavy atom. The molecule has 1 N–H and O–H groups in total. The fourth-order valence-electron chi connectivity index (χ4n) is 3.77. The van der Waals surface area contributed by atoms with Crippen LogP contribution in [0.15, 0.2) is 53.5 Å². The molecule has 1 aliphatic carbocycles. The van der Waals surface area contributed by atoms with Crippen LogP contribution in [0.4, 0.5) is 15.1 Å². The van der Waals surface area contributed by atoms with E-state index >= 15 is 0 Å². The number of aliphatic imine (C=N–C) groups is 1. The van der Waals surface area contributed by atoms with Gasteiger partial charge in [-0.1, -0.05) is 18.6 Å². The number of hydrogen-bond acceptors (Lipinski definition) is 4. The maximum Gasteiger partial charge on any atom is 0.259 e. The predicted molar refractivity (Wildman–Crippen MR) is 125 cm³/mol. The van der Waals surface area contributed by atoms with Crippen molar-refractivity contribution >= 4 is 34.1 Å². The van der Waals surface area contributed by atoms with Gasteiger partial charge in [0.15, 0.2) is 0 Å². The Labute approximate surface area is 185 Å². The quantitative estimate of drug-likeness (QED) is 0.351. The van der Waals surface area contributed by atoms with Crippen molar-refractivity contribution in [2.45, 2.75) is 39.0 Å². The third-order valence-electron chi connectivity index (χ3n) is 5.23. The van der Waals surface area contributed by atoms with Gasteiger partial charge in [-0.3, -0.25) is 4.79 Å². The van der Waals surface area contributed by atoms with Crippen LogP contribution in [0.2, 0.25) is 0 Å². The number of aryl methyl sites for hydroxylation is 1. The molecule has 160 valence electrons. The van der Waals surface area contributed by atoms with Crippen molar-refractivity contribution in [2.75, 3.05) is 11.9 Å². The van der Waals surface area contributed by atoms with Gasteiger partial charge in [0.2, 0.25) is 0 Å². The fourth-order valence-corrected chi connectivity index (χ4v) is 5.00. The van der Waals surface area contributed by atoms with Gasteiger partial charge in [0, 0.05) is 16.8 Å². The third-order valence-corrected chi connectivity index (χ3v) is 6.43. The molecule has 31 heavy (non-hydrogen) atoms. The van der Waals surface area contributed by atoms with Crippen LogP contribution in [0.3, 0.4) is 0 Å². The van der Waals surface area contributed by atoms with E-state index in [4.69, 9.17) is 4.74 Å². The van der Waals surface area contributed by atoms with Crippen LogP contribution >= 0.6 is 11.3 Å². The number of ether oxygens (including phenoxy) is 1. The normalized spacial score (nSPS) is 13.6. The zero-order valence-corrected chi connectivity index (χ0v) is 18.3. The largest absolute Gasteiger partial charge is 0.494 e. The zero-order chi connectivity index (χ0) is 21.6. The van der Waals surface area contributed by atoms with Gasteiger partial charge in [0.25, 0.3) is 5.91 Å². The molecule has 0 spiro atoms. The molecule has 1 aliphatic rings. The van der Waals surface area contributed by atoms with Gasteiger partial charge in [-0.25, -0.2) is 9.38 Å². The second-order valence-electron chi connectivity index (χ2n) is 7.47. The van der Waals surface area contributed by atoms with E-state index in [1.807, 2.05) is 31.2 Å². The average Bonchev–Trinajstić information content (AvgIpc) is 2.95. The van der Waals surface area contributed by atoms with Gasteiger partial charge in [-0.05, 0) is 80.1 Å². The Morgan fingerprint density at radius 3 is 2.74 bits per heavy atom. The molecule has 0 radical (unpaired) electrons. The lowest BCUT2D eigenvalue weighted by Crippen LogP contribution is -2.13. The summed E-state index contributed by atoms with van der Waals surface area (Å²) in [4.78, 5) is 19.1. The van der Waals surface area contributed by atoms with Crippen LogP contribution in [0, 0.1) is 5.82 Å². The first kappa shape index (κ1) is 21.2. The first-order chi connectivity index (χ1) is 15.1. The Kier molecular flexibility index (Phi) is 6.77. The maximum atomic E-state index is 13.5. The molecule has 0 saturated heterocycles. The minimum Gasteiger partial charge on any atom is -0.494 e. The Morgan fingerprint density at radius 1 is 1.16 bits per heavy atom. The number of halogens is 1. The summed E-state index contributed by atoms with van der Waals surface area (Å²) in [6.07, 6.45) is 6.85. The van der Waals surface area contributed by atoms with E-state index in [2.05, 4.69) is 10.3 Å². The SMILES string of the molecule is CCOc1ccc(NC(=O)c2c(N=Cc3cccc(F)c3)sc3c2CCCCC3)cc1. The number of nitrogens with one attached hydrogen (secondary N) is 1. The monoisotopic (exact) mass is 436 g/mol.